The van der Waals surface area contributed by atoms with Crippen molar-refractivity contribution in [3.63, 3.8) is 0 Å². The lowest BCUT2D eigenvalue weighted by Gasteiger charge is -2.04. The predicted molar refractivity (Wildman–Crippen MR) is 112 cm³/mol. The van der Waals surface area contributed by atoms with Crippen LogP contribution in [0.1, 0.15) is 136 Å². The number of hydrogen-bond acceptors (Lipinski definition) is 1. The van der Waals surface area contributed by atoms with Crippen molar-refractivity contribution >= 4 is 0 Å². The van der Waals surface area contributed by atoms with Crippen LogP contribution in [0.5, 0.6) is 0 Å². The Labute approximate surface area is 154 Å². The summed E-state index contributed by atoms with van der Waals surface area (Å²) in [4.78, 5) is 0. The first-order chi connectivity index (χ1) is 11.9. The highest BCUT2D eigenvalue weighted by atomic mass is 14.8. The van der Waals surface area contributed by atoms with E-state index in [2.05, 4.69) is 19.2 Å². The fraction of sp³-hybridized carbons (Fsp3) is 1.00. The number of unbranched alkanes of at least 4 members (excludes halogenated alkanes) is 17. The quantitative estimate of drug-likeness (QED) is 0.209. The molecule has 0 aliphatic heterocycles. The van der Waals surface area contributed by atoms with Crippen LogP contribution < -0.4 is 5.32 Å². The van der Waals surface area contributed by atoms with Gasteiger partial charge in [-0.15, -0.1) is 0 Å². The maximum Gasteiger partial charge on any atom is -0.00489 e. The molecule has 1 heteroatoms. The summed E-state index contributed by atoms with van der Waals surface area (Å²) in [6, 6.07) is 0. The van der Waals surface area contributed by atoms with E-state index in [0.717, 1.165) is 0 Å². The van der Waals surface area contributed by atoms with Crippen LogP contribution in [0.15, 0.2) is 0 Å². The van der Waals surface area contributed by atoms with E-state index in [9.17, 15) is 0 Å². The summed E-state index contributed by atoms with van der Waals surface area (Å²) in [5.41, 5.74) is 0. The van der Waals surface area contributed by atoms with Crippen LogP contribution in [-0.4, -0.2) is 13.1 Å². The molecule has 0 atom stereocenters. The SMILES string of the molecule is CCCCCCCCCCCCCCCCCCCCNCCC. The molecular formula is C23H49N. The molecule has 1 nitrogen and oxygen atoms in total. The van der Waals surface area contributed by atoms with Crippen LogP contribution in [-0.2, 0) is 0 Å². The Morgan fingerprint density at radius 2 is 0.667 bits per heavy atom. The summed E-state index contributed by atoms with van der Waals surface area (Å²) >= 11 is 0. The van der Waals surface area contributed by atoms with E-state index < -0.39 is 0 Å². The monoisotopic (exact) mass is 339 g/mol. The van der Waals surface area contributed by atoms with E-state index in [-0.39, 0.29) is 0 Å². The zero-order chi connectivity index (χ0) is 17.6. The van der Waals surface area contributed by atoms with Crippen LogP contribution in [0.3, 0.4) is 0 Å². The third-order valence-electron chi connectivity index (χ3n) is 5.13. The second-order valence-corrected chi connectivity index (χ2v) is 7.76. The highest BCUT2D eigenvalue weighted by Crippen LogP contribution is 2.14. The summed E-state index contributed by atoms with van der Waals surface area (Å²) in [5, 5.41) is 3.49. The Morgan fingerprint density at radius 3 is 1.00 bits per heavy atom. The minimum atomic E-state index is 1.19. The Kier molecular flexibility index (Phi) is 22.9. The van der Waals surface area contributed by atoms with E-state index in [4.69, 9.17) is 0 Å². The topological polar surface area (TPSA) is 12.0 Å². The largest absolute Gasteiger partial charge is 0.317 e. The number of hydrogen-bond donors (Lipinski definition) is 1. The summed E-state index contributed by atoms with van der Waals surface area (Å²) in [6.45, 7) is 6.96. The molecule has 0 aliphatic rings. The molecule has 24 heavy (non-hydrogen) atoms. The van der Waals surface area contributed by atoms with Gasteiger partial charge in [0.05, 0.1) is 0 Å². The summed E-state index contributed by atoms with van der Waals surface area (Å²) in [6.07, 6.45) is 27.6. The van der Waals surface area contributed by atoms with Crippen molar-refractivity contribution in [1.29, 1.82) is 0 Å². The average Bonchev–Trinajstić information content (AvgIpc) is 2.60. The molecule has 0 radical (unpaired) electrons. The van der Waals surface area contributed by atoms with Gasteiger partial charge in [-0.3, -0.25) is 0 Å². The summed E-state index contributed by atoms with van der Waals surface area (Å²) < 4.78 is 0. The van der Waals surface area contributed by atoms with Crippen LogP contribution in [0.4, 0.5) is 0 Å². The molecule has 0 spiro atoms. The Balaban J connectivity index is 2.93. The highest BCUT2D eigenvalue weighted by Gasteiger charge is 1.95. The van der Waals surface area contributed by atoms with Gasteiger partial charge >= 0.3 is 0 Å². The van der Waals surface area contributed by atoms with Crippen LogP contribution in [0.2, 0.25) is 0 Å². The van der Waals surface area contributed by atoms with Crippen molar-refractivity contribution in [2.24, 2.45) is 0 Å². The highest BCUT2D eigenvalue weighted by molar-refractivity contribution is 4.51. The molecule has 0 fully saturated rings. The first-order valence-electron chi connectivity index (χ1n) is 11.6. The van der Waals surface area contributed by atoms with Crippen molar-refractivity contribution in [3.05, 3.63) is 0 Å². The van der Waals surface area contributed by atoms with E-state index >= 15 is 0 Å². The van der Waals surface area contributed by atoms with E-state index in [1.807, 2.05) is 0 Å². The van der Waals surface area contributed by atoms with Gasteiger partial charge in [0.2, 0.25) is 0 Å². The fourth-order valence-corrected chi connectivity index (χ4v) is 3.45. The molecule has 0 unspecified atom stereocenters. The normalized spacial score (nSPS) is 11.2. The third kappa shape index (κ3) is 22.0. The lowest BCUT2D eigenvalue weighted by molar-refractivity contribution is 0.522. The van der Waals surface area contributed by atoms with Crippen LogP contribution >= 0.6 is 0 Å². The lowest BCUT2D eigenvalue weighted by Crippen LogP contribution is -2.15. The van der Waals surface area contributed by atoms with Crippen LogP contribution in [0.25, 0.3) is 0 Å². The second kappa shape index (κ2) is 23.0. The second-order valence-electron chi connectivity index (χ2n) is 7.76. The van der Waals surface area contributed by atoms with Gasteiger partial charge in [0, 0.05) is 0 Å². The maximum atomic E-state index is 3.49. The van der Waals surface area contributed by atoms with E-state index in [1.54, 1.807) is 0 Å². The summed E-state index contributed by atoms with van der Waals surface area (Å²) in [5.74, 6) is 0. The molecule has 0 saturated heterocycles. The van der Waals surface area contributed by atoms with Gasteiger partial charge in [-0.2, -0.15) is 0 Å². The molecule has 0 heterocycles. The van der Waals surface area contributed by atoms with Crippen molar-refractivity contribution < 1.29 is 0 Å². The molecule has 0 aromatic carbocycles. The Morgan fingerprint density at radius 1 is 0.333 bits per heavy atom. The molecule has 146 valence electrons. The molecule has 1 N–H and O–H groups in total. The van der Waals surface area contributed by atoms with E-state index in [1.165, 1.54) is 135 Å². The first kappa shape index (κ1) is 24.0. The van der Waals surface area contributed by atoms with Crippen molar-refractivity contribution in [3.8, 4) is 0 Å². The molecule has 0 saturated carbocycles. The predicted octanol–water partition coefficient (Wildman–Crippen LogP) is 8.03. The zero-order valence-corrected chi connectivity index (χ0v) is 17.3. The summed E-state index contributed by atoms with van der Waals surface area (Å²) in [7, 11) is 0. The van der Waals surface area contributed by atoms with Crippen molar-refractivity contribution in [2.45, 2.75) is 136 Å². The molecule has 0 aromatic heterocycles. The Hall–Kier alpha value is -0.0400. The number of nitrogens with one attached hydrogen (secondary N) is 1. The maximum absolute atomic E-state index is 3.49. The molecule has 0 bridgehead atoms. The van der Waals surface area contributed by atoms with Crippen molar-refractivity contribution in [1.82, 2.24) is 5.32 Å². The molecule has 0 aliphatic carbocycles. The van der Waals surface area contributed by atoms with Gasteiger partial charge < -0.3 is 5.32 Å². The van der Waals surface area contributed by atoms with Gasteiger partial charge in [-0.05, 0) is 25.9 Å². The average molecular weight is 340 g/mol. The molecule has 0 rings (SSSR count). The minimum Gasteiger partial charge on any atom is -0.317 e. The fourth-order valence-electron chi connectivity index (χ4n) is 3.45. The molecule has 0 amide bonds. The smallest absolute Gasteiger partial charge is 0.00489 e. The Bertz CT molecular complexity index is 180. The van der Waals surface area contributed by atoms with Crippen LogP contribution in [0, 0.1) is 0 Å². The zero-order valence-electron chi connectivity index (χ0n) is 17.3. The van der Waals surface area contributed by atoms with Gasteiger partial charge in [-0.25, -0.2) is 0 Å². The van der Waals surface area contributed by atoms with Gasteiger partial charge in [-0.1, -0.05) is 123 Å². The first-order valence-corrected chi connectivity index (χ1v) is 11.6. The van der Waals surface area contributed by atoms with E-state index in [0.29, 0.717) is 0 Å². The molecule has 0 aromatic rings. The van der Waals surface area contributed by atoms with Gasteiger partial charge in [0.1, 0.15) is 0 Å². The van der Waals surface area contributed by atoms with Gasteiger partial charge in [0.25, 0.3) is 0 Å². The third-order valence-corrected chi connectivity index (χ3v) is 5.13. The van der Waals surface area contributed by atoms with Crippen molar-refractivity contribution in [2.75, 3.05) is 13.1 Å². The standard InChI is InChI=1S/C23H49N/c1-3-5-6-7-8-9-10-11-12-13-14-15-16-17-18-19-20-21-23-24-22-4-2/h24H,3-23H2,1-2H3. The minimum absolute atomic E-state index is 1.19. The lowest BCUT2D eigenvalue weighted by atomic mass is 10.0. The molecular weight excluding hydrogens is 290 g/mol. The number of rotatable bonds is 21. The van der Waals surface area contributed by atoms with Gasteiger partial charge in [0.15, 0.2) is 0 Å².